The van der Waals surface area contributed by atoms with Crippen LogP contribution < -0.4 is 0 Å². The van der Waals surface area contributed by atoms with Crippen LogP contribution in [0.15, 0.2) is 42.5 Å². The summed E-state index contributed by atoms with van der Waals surface area (Å²) in [6.45, 7) is 3.10. The molecule has 1 N–H and O–H groups in total. The van der Waals surface area contributed by atoms with Crippen molar-refractivity contribution in [3.05, 3.63) is 64.4 Å². The molecule has 8 heteroatoms. The van der Waals surface area contributed by atoms with Crippen LogP contribution in [0.2, 0.25) is 5.02 Å². The maximum atomic E-state index is 13.3. The van der Waals surface area contributed by atoms with Crippen LogP contribution in [0.1, 0.15) is 15.9 Å². The number of hydrogen-bond donors (Lipinski definition) is 1. The Bertz CT molecular complexity index is 1140. The van der Waals surface area contributed by atoms with Crippen molar-refractivity contribution in [2.45, 2.75) is 6.92 Å². The number of amides is 2. The van der Waals surface area contributed by atoms with Crippen LogP contribution in [-0.4, -0.2) is 58.1 Å². The van der Waals surface area contributed by atoms with Crippen molar-refractivity contribution < 1.29 is 19.1 Å². The molecule has 0 spiro atoms. The lowest BCUT2D eigenvalue weighted by Gasteiger charge is -2.33. The van der Waals surface area contributed by atoms with Crippen LogP contribution in [0.5, 0.6) is 0 Å². The molecule has 0 bridgehead atoms. The topological polar surface area (TPSA) is 73.7 Å². The number of piperazine rings is 1. The van der Waals surface area contributed by atoms with E-state index in [1.165, 1.54) is 17.0 Å². The van der Waals surface area contributed by atoms with Crippen LogP contribution in [-0.2, 0) is 0 Å². The Balaban J connectivity index is 1.68. The molecule has 3 aromatic rings. The normalized spacial score (nSPS) is 14.2. The third-order valence-corrected chi connectivity index (χ3v) is 5.84. The van der Waals surface area contributed by atoms with Crippen molar-refractivity contribution in [1.29, 1.82) is 0 Å². The number of carbonyl (C=O) groups excluding carboxylic acids is 1. The van der Waals surface area contributed by atoms with Crippen molar-refractivity contribution in [3.8, 4) is 11.3 Å². The molecule has 2 heterocycles. The highest BCUT2D eigenvalue weighted by molar-refractivity contribution is 6.36. The summed E-state index contributed by atoms with van der Waals surface area (Å²) < 4.78 is 13.3. The van der Waals surface area contributed by atoms with Gasteiger partial charge in [0.05, 0.1) is 16.2 Å². The van der Waals surface area contributed by atoms with Gasteiger partial charge in [-0.3, -0.25) is 4.79 Å². The second kappa shape index (κ2) is 7.91. The first-order chi connectivity index (χ1) is 14.3. The fourth-order valence-corrected chi connectivity index (χ4v) is 3.87. The van der Waals surface area contributed by atoms with Gasteiger partial charge >= 0.3 is 6.09 Å². The molecule has 154 valence electrons. The fourth-order valence-electron chi connectivity index (χ4n) is 3.63. The molecule has 0 aliphatic carbocycles. The molecule has 6 nitrogen and oxygen atoms in total. The number of benzene rings is 2. The van der Waals surface area contributed by atoms with Crippen LogP contribution in [0, 0.1) is 12.7 Å². The van der Waals surface area contributed by atoms with E-state index in [1.807, 2.05) is 6.92 Å². The summed E-state index contributed by atoms with van der Waals surface area (Å²) in [5.74, 6) is -0.511. The molecular formula is C22H19ClFN3O3. The number of carbonyl (C=O) groups is 2. The molecule has 1 fully saturated rings. The van der Waals surface area contributed by atoms with Crippen LogP contribution in [0.3, 0.4) is 0 Å². The predicted molar refractivity (Wildman–Crippen MR) is 112 cm³/mol. The Morgan fingerprint density at radius 3 is 2.30 bits per heavy atom. The third-order valence-electron chi connectivity index (χ3n) is 5.35. The Labute approximate surface area is 177 Å². The van der Waals surface area contributed by atoms with E-state index < -0.39 is 6.09 Å². The number of pyridine rings is 1. The smallest absolute Gasteiger partial charge is 0.407 e. The van der Waals surface area contributed by atoms with Crippen molar-refractivity contribution in [2.75, 3.05) is 26.2 Å². The lowest BCUT2D eigenvalue weighted by atomic mass is 10.0. The average molecular weight is 428 g/mol. The lowest BCUT2D eigenvalue weighted by molar-refractivity contribution is 0.0625. The van der Waals surface area contributed by atoms with Crippen LogP contribution in [0.4, 0.5) is 9.18 Å². The lowest BCUT2D eigenvalue weighted by Crippen LogP contribution is -2.50. The quantitative estimate of drug-likeness (QED) is 0.656. The van der Waals surface area contributed by atoms with Crippen molar-refractivity contribution in [3.63, 3.8) is 0 Å². The van der Waals surface area contributed by atoms with E-state index in [4.69, 9.17) is 21.7 Å². The van der Waals surface area contributed by atoms with E-state index in [0.29, 0.717) is 34.9 Å². The third kappa shape index (κ3) is 3.68. The second-order valence-electron chi connectivity index (χ2n) is 7.20. The molecule has 0 atom stereocenters. The molecule has 0 radical (unpaired) electrons. The van der Waals surface area contributed by atoms with Gasteiger partial charge in [-0.25, -0.2) is 14.2 Å². The molecule has 1 aromatic heterocycles. The highest BCUT2D eigenvalue weighted by Crippen LogP contribution is 2.33. The zero-order valence-electron chi connectivity index (χ0n) is 16.2. The molecule has 1 aliphatic heterocycles. The number of hydrogen-bond acceptors (Lipinski definition) is 3. The van der Waals surface area contributed by atoms with Gasteiger partial charge in [0.2, 0.25) is 0 Å². The molecular weight excluding hydrogens is 409 g/mol. The standard InChI is InChI=1S/C22H19ClFN3O3/c1-13-19(23)17-7-4-15(21(28)26-8-10-27(11-9-26)22(29)30)12-18(17)25-20(13)14-2-5-16(24)6-3-14/h2-7,12H,8-11H2,1H3,(H,29,30). The number of aromatic nitrogens is 1. The highest BCUT2D eigenvalue weighted by atomic mass is 35.5. The van der Waals surface area contributed by atoms with E-state index in [0.717, 1.165) is 16.5 Å². The Hall–Kier alpha value is -3.19. The maximum absolute atomic E-state index is 13.3. The Morgan fingerprint density at radius 1 is 1.03 bits per heavy atom. The molecule has 2 aromatic carbocycles. The summed E-state index contributed by atoms with van der Waals surface area (Å²) >= 11 is 6.57. The van der Waals surface area contributed by atoms with E-state index in [9.17, 15) is 14.0 Å². The predicted octanol–water partition coefficient (Wildman–Crippen LogP) is 4.44. The first kappa shape index (κ1) is 20.1. The van der Waals surface area contributed by atoms with Gasteiger partial charge in [0.15, 0.2) is 0 Å². The van der Waals surface area contributed by atoms with E-state index >= 15 is 0 Å². The van der Waals surface area contributed by atoms with Gasteiger partial charge < -0.3 is 14.9 Å². The van der Waals surface area contributed by atoms with Crippen molar-refractivity contribution >= 4 is 34.5 Å². The van der Waals surface area contributed by atoms with Crippen molar-refractivity contribution in [2.24, 2.45) is 0 Å². The van der Waals surface area contributed by atoms with E-state index in [1.54, 1.807) is 35.2 Å². The first-order valence-electron chi connectivity index (χ1n) is 9.48. The Kier molecular flexibility index (Phi) is 5.30. The van der Waals surface area contributed by atoms with E-state index in [2.05, 4.69) is 0 Å². The fraction of sp³-hybridized carbons (Fsp3) is 0.227. The largest absolute Gasteiger partial charge is 0.465 e. The molecule has 1 saturated heterocycles. The summed E-state index contributed by atoms with van der Waals surface area (Å²) in [5, 5.41) is 10.3. The van der Waals surface area contributed by atoms with Gasteiger partial charge in [-0.05, 0) is 48.9 Å². The maximum Gasteiger partial charge on any atom is 0.407 e. The zero-order chi connectivity index (χ0) is 21.4. The number of carboxylic acid groups (broad SMARTS) is 1. The van der Waals surface area contributed by atoms with E-state index in [-0.39, 0.29) is 24.8 Å². The van der Waals surface area contributed by atoms with Gasteiger partial charge in [-0.15, -0.1) is 0 Å². The van der Waals surface area contributed by atoms with Crippen molar-refractivity contribution in [1.82, 2.24) is 14.8 Å². The van der Waals surface area contributed by atoms with Gasteiger partial charge in [-0.1, -0.05) is 17.7 Å². The Morgan fingerprint density at radius 2 is 1.67 bits per heavy atom. The van der Waals surface area contributed by atoms with Crippen LogP contribution in [0.25, 0.3) is 22.2 Å². The second-order valence-corrected chi connectivity index (χ2v) is 7.58. The van der Waals surface area contributed by atoms with Gasteiger partial charge in [0.1, 0.15) is 5.82 Å². The van der Waals surface area contributed by atoms with Gasteiger partial charge in [-0.2, -0.15) is 0 Å². The number of nitrogens with zero attached hydrogens (tertiary/aromatic N) is 3. The van der Waals surface area contributed by atoms with Gasteiger partial charge in [0.25, 0.3) is 5.91 Å². The van der Waals surface area contributed by atoms with Gasteiger partial charge in [0, 0.05) is 42.7 Å². The summed E-state index contributed by atoms with van der Waals surface area (Å²) in [6.07, 6.45) is -0.977. The molecule has 4 rings (SSSR count). The summed E-state index contributed by atoms with van der Waals surface area (Å²) in [7, 11) is 0. The molecule has 0 unspecified atom stereocenters. The van der Waals surface area contributed by atoms with Crippen LogP contribution >= 0.6 is 11.6 Å². The molecule has 0 saturated carbocycles. The number of fused-ring (bicyclic) bond motifs is 1. The first-order valence-corrected chi connectivity index (χ1v) is 9.86. The summed E-state index contributed by atoms with van der Waals surface area (Å²) in [4.78, 5) is 31.6. The minimum atomic E-state index is -0.977. The monoisotopic (exact) mass is 427 g/mol. The summed E-state index contributed by atoms with van der Waals surface area (Å²) in [6, 6.07) is 11.2. The SMILES string of the molecule is Cc1c(-c2ccc(F)cc2)nc2cc(C(=O)N3CCN(C(=O)O)CC3)ccc2c1Cl. The molecule has 2 amide bonds. The average Bonchev–Trinajstić information content (AvgIpc) is 2.76. The minimum absolute atomic E-state index is 0.177. The highest BCUT2D eigenvalue weighted by Gasteiger charge is 2.25. The number of rotatable bonds is 2. The molecule has 30 heavy (non-hydrogen) atoms. The molecule has 1 aliphatic rings. The summed E-state index contributed by atoms with van der Waals surface area (Å²) in [5.41, 5.74) is 3.18. The number of halogens is 2. The minimum Gasteiger partial charge on any atom is -0.465 e. The zero-order valence-corrected chi connectivity index (χ0v) is 17.0.